The summed E-state index contributed by atoms with van der Waals surface area (Å²) in [5, 5.41) is 6.04. The van der Waals surface area contributed by atoms with Gasteiger partial charge in [-0.05, 0) is 38.5 Å². The monoisotopic (exact) mass is 427 g/mol. The molecular weight excluding hydrogens is 403 g/mol. The third kappa shape index (κ3) is 8.47. The van der Waals surface area contributed by atoms with Gasteiger partial charge in [-0.3, -0.25) is 4.99 Å². The number of nitrogens with zero attached hydrogens (tertiary/aromatic N) is 1. The van der Waals surface area contributed by atoms with Crippen LogP contribution < -0.4 is 10.6 Å². The molecule has 0 saturated heterocycles. The van der Waals surface area contributed by atoms with E-state index in [4.69, 9.17) is 4.74 Å². The van der Waals surface area contributed by atoms with Crippen LogP contribution in [0.25, 0.3) is 0 Å². The van der Waals surface area contributed by atoms with Crippen molar-refractivity contribution in [2.24, 2.45) is 4.99 Å². The molecule has 7 heteroatoms. The minimum absolute atomic E-state index is 0. The van der Waals surface area contributed by atoms with Crippen LogP contribution in [0.3, 0.4) is 0 Å². The second-order valence-corrected chi connectivity index (χ2v) is 4.86. The summed E-state index contributed by atoms with van der Waals surface area (Å²) in [7, 11) is 1.63. The fourth-order valence-corrected chi connectivity index (χ4v) is 1.68. The summed E-state index contributed by atoms with van der Waals surface area (Å²) in [5.74, 6) is -0.352. The van der Waals surface area contributed by atoms with Crippen molar-refractivity contribution in [3.8, 4) is 0 Å². The maximum Gasteiger partial charge on any atom is 0.191 e. The number of benzene rings is 1. The molecule has 2 N–H and O–H groups in total. The van der Waals surface area contributed by atoms with Crippen molar-refractivity contribution in [1.82, 2.24) is 10.6 Å². The van der Waals surface area contributed by atoms with Gasteiger partial charge in [-0.1, -0.05) is 0 Å². The lowest BCUT2D eigenvalue weighted by atomic mass is 10.2. The lowest BCUT2D eigenvalue weighted by molar-refractivity contribution is 0.0776. The Morgan fingerprint density at radius 2 is 2.00 bits per heavy atom. The van der Waals surface area contributed by atoms with E-state index in [-0.39, 0.29) is 42.2 Å². The van der Waals surface area contributed by atoms with Gasteiger partial charge in [0.05, 0.1) is 6.10 Å². The highest BCUT2D eigenvalue weighted by molar-refractivity contribution is 14.0. The first-order valence-electron chi connectivity index (χ1n) is 7.03. The van der Waals surface area contributed by atoms with Gasteiger partial charge < -0.3 is 15.4 Å². The van der Waals surface area contributed by atoms with Crippen molar-refractivity contribution in [3.05, 3.63) is 35.4 Å². The molecule has 0 aliphatic heterocycles. The van der Waals surface area contributed by atoms with Crippen molar-refractivity contribution in [2.45, 2.75) is 32.9 Å². The van der Waals surface area contributed by atoms with Crippen LogP contribution in [-0.2, 0) is 11.3 Å². The Kier molecular flexibility index (Phi) is 11.1. The zero-order valence-corrected chi connectivity index (χ0v) is 15.5. The van der Waals surface area contributed by atoms with Crippen LogP contribution in [0.15, 0.2) is 23.2 Å². The quantitative estimate of drug-likeness (QED) is 0.304. The Morgan fingerprint density at radius 3 is 2.64 bits per heavy atom. The first kappa shape index (κ1) is 21.0. The molecule has 0 spiro atoms. The predicted octanol–water partition coefficient (Wildman–Crippen LogP) is 3.06. The van der Waals surface area contributed by atoms with E-state index in [2.05, 4.69) is 15.6 Å². The predicted molar refractivity (Wildman–Crippen MR) is 95.7 cm³/mol. The number of hydrogen-bond donors (Lipinski definition) is 2. The molecule has 0 saturated carbocycles. The average molecular weight is 427 g/mol. The Hall–Kier alpha value is -0.960. The van der Waals surface area contributed by atoms with Gasteiger partial charge >= 0.3 is 0 Å². The van der Waals surface area contributed by atoms with Gasteiger partial charge in [-0.25, -0.2) is 8.78 Å². The van der Waals surface area contributed by atoms with Crippen molar-refractivity contribution in [2.75, 3.05) is 20.2 Å². The summed E-state index contributed by atoms with van der Waals surface area (Å²) in [6, 6.07) is 3.39. The van der Waals surface area contributed by atoms with Gasteiger partial charge in [-0.15, -0.1) is 24.0 Å². The molecule has 0 unspecified atom stereocenters. The summed E-state index contributed by atoms with van der Waals surface area (Å²) in [6.45, 7) is 5.51. The summed E-state index contributed by atoms with van der Waals surface area (Å²) >= 11 is 0. The van der Waals surface area contributed by atoms with Gasteiger partial charge in [0.2, 0.25) is 0 Å². The van der Waals surface area contributed by atoms with Gasteiger partial charge in [0, 0.05) is 32.3 Å². The first-order chi connectivity index (χ1) is 10.0. The maximum absolute atomic E-state index is 13.5. The van der Waals surface area contributed by atoms with E-state index in [1.165, 1.54) is 6.07 Å². The molecule has 0 heterocycles. The number of aliphatic imine (C=N–C) groups is 1. The van der Waals surface area contributed by atoms with E-state index in [1.807, 2.05) is 13.8 Å². The molecule has 1 aromatic carbocycles. The highest BCUT2D eigenvalue weighted by Gasteiger charge is 2.05. The molecule has 0 radical (unpaired) electrons. The number of ether oxygens (including phenoxy) is 1. The van der Waals surface area contributed by atoms with Crippen molar-refractivity contribution < 1.29 is 13.5 Å². The van der Waals surface area contributed by atoms with Gasteiger partial charge in [-0.2, -0.15) is 0 Å². The highest BCUT2D eigenvalue weighted by Crippen LogP contribution is 2.08. The Balaban J connectivity index is 0.00000441. The van der Waals surface area contributed by atoms with Crippen LogP contribution in [0.2, 0.25) is 0 Å². The van der Waals surface area contributed by atoms with Crippen LogP contribution in [-0.4, -0.2) is 32.3 Å². The zero-order chi connectivity index (χ0) is 15.7. The van der Waals surface area contributed by atoms with Crippen LogP contribution in [0, 0.1) is 11.6 Å². The summed E-state index contributed by atoms with van der Waals surface area (Å²) < 4.78 is 31.9. The molecule has 0 aliphatic carbocycles. The van der Waals surface area contributed by atoms with Gasteiger partial charge in [0.25, 0.3) is 0 Å². The summed E-state index contributed by atoms with van der Waals surface area (Å²) in [4.78, 5) is 4.03. The van der Waals surface area contributed by atoms with Gasteiger partial charge in [0.1, 0.15) is 11.6 Å². The molecule has 126 valence electrons. The van der Waals surface area contributed by atoms with Crippen molar-refractivity contribution in [3.63, 3.8) is 0 Å². The lowest BCUT2D eigenvalue weighted by Crippen LogP contribution is -2.37. The molecule has 0 aliphatic rings. The first-order valence-corrected chi connectivity index (χ1v) is 7.03. The molecule has 22 heavy (non-hydrogen) atoms. The topological polar surface area (TPSA) is 45.7 Å². The van der Waals surface area contributed by atoms with E-state index in [0.717, 1.165) is 18.6 Å². The second-order valence-electron chi connectivity index (χ2n) is 4.86. The smallest absolute Gasteiger partial charge is 0.191 e. The van der Waals surface area contributed by atoms with E-state index in [9.17, 15) is 8.78 Å². The Labute approximate surface area is 147 Å². The third-order valence-electron chi connectivity index (χ3n) is 2.74. The standard InChI is InChI=1S/C15H23F2N3O.HI/c1-11(2)21-8-4-7-19-15(18-3)20-10-12-9-13(16)5-6-14(12)17;/h5-6,9,11H,4,7-8,10H2,1-3H3,(H2,18,19,20);1H. The SMILES string of the molecule is CN=C(NCCCOC(C)C)NCc1cc(F)ccc1F.I. The van der Waals surface area contributed by atoms with Crippen molar-refractivity contribution in [1.29, 1.82) is 0 Å². The van der Waals surface area contributed by atoms with Crippen LogP contribution in [0.4, 0.5) is 8.78 Å². The molecular formula is C15H24F2IN3O. The number of hydrogen-bond acceptors (Lipinski definition) is 2. The Morgan fingerprint density at radius 1 is 1.27 bits per heavy atom. The third-order valence-corrected chi connectivity index (χ3v) is 2.74. The zero-order valence-electron chi connectivity index (χ0n) is 13.2. The lowest BCUT2D eigenvalue weighted by Gasteiger charge is -2.13. The van der Waals surface area contributed by atoms with Crippen LogP contribution >= 0.6 is 24.0 Å². The minimum atomic E-state index is -0.456. The average Bonchev–Trinajstić information content (AvgIpc) is 2.45. The molecule has 0 aromatic heterocycles. The van der Waals surface area contributed by atoms with Gasteiger partial charge in [0.15, 0.2) is 5.96 Å². The van der Waals surface area contributed by atoms with Crippen molar-refractivity contribution >= 4 is 29.9 Å². The van der Waals surface area contributed by atoms with E-state index in [0.29, 0.717) is 19.1 Å². The molecule has 1 aromatic rings. The Bertz CT molecular complexity index is 470. The fourth-order valence-electron chi connectivity index (χ4n) is 1.68. The molecule has 0 bridgehead atoms. The number of rotatable bonds is 7. The highest BCUT2D eigenvalue weighted by atomic mass is 127. The molecule has 4 nitrogen and oxygen atoms in total. The number of guanidine groups is 1. The van der Waals surface area contributed by atoms with Crippen LogP contribution in [0.5, 0.6) is 0 Å². The molecule has 0 atom stereocenters. The molecule has 1 rings (SSSR count). The normalized spacial score (nSPS) is 11.3. The van der Waals surface area contributed by atoms with Crippen LogP contribution in [0.1, 0.15) is 25.8 Å². The fraction of sp³-hybridized carbons (Fsp3) is 0.533. The summed E-state index contributed by atoms with van der Waals surface area (Å²) in [5.41, 5.74) is 0.265. The largest absolute Gasteiger partial charge is 0.379 e. The summed E-state index contributed by atoms with van der Waals surface area (Å²) in [6.07, 6.45) is 1.06. The van der Waals surface area contributed by atoms with E-state index < -0.39 is 11.6 Å². The molecule has 0 amide bonds. The molecule has 0 fully saturated rings. The maximum atomic E-state index is 13.5. The van der Waals surface area contributed by atoms with E-state index >= 15 is 0 Å². The minimum Gasteiger partial charge on any atom is -0.379 e. The van der Waals surface area contributed by atoms with E-state index in [1.54, 1.807) is 7.05 Å². The number of halogens is 3. The second kappa shape index (κ2) is 11.6. The number of nitrogens with one attached hydrogen (secondary N) is 2.